The quantitative estimate of drug-likeness (QED) is 0.852. The normalized spacial score (nSPS) is 16.5. The van der Waals surface area contributed by atoms with Gasteiger partial charge in [-0.05, 0) is 36.9 Å². The van der Waals surface area contributed by atoms with Crippen LogP contribution in [0.1, 0.15) is 44.6 Å². The number of pyridine rings is 1. The van der Waals surface area contributed by atoms with Crippen molar-refractivity contribution >= 4 is 5.69 Å². The zero-order valence-corrected chi connectivity index (χ0v) is 12.4. The average molecular weight is 261 g/mol. The number of hydrogen-bond donors (Lipinski definition) is 1. The van der Waals surface area contributed by atoms with Crippen molar-refractivity contribution in [2.24, 2.45) is 5.92 Å². The highest BCUT2D eigenvalue weighted by molar-refractivity contribution is 5.51. The van der Waals surface area contributed by atoms with E-state index in [4.69, 9.17) is 0 Å². The number of aromatic nitrogens is 1. The third-order valence-electron chi connectivity index (χ3n) is 4.12. The fourth-order valence-electron chi connectivity index (χ4n) is 3.02. The van der Waals surface area contributed by atoms with E-state index in [2.05, 4.69) is 35.2 Å². The molecule has 3 nitrogen and oxygen atoms in total. The molecule has 19 heavy (non-hydrogen) atoms. The van der Waals surface area contributed by atoms with Gasteiger partial charge < -0.3 is 10.2 Å². The zero-order chi connectivity index (χ0) is 13.5. The van der Waals surface area contributed by atoms with Gasteiger partial charge in [0, 0.05) is 26.3 Å². The Kier molecular flexibility index (Phi) is 5.64. The smallest absolute Gasteiger partial charge is 0.0595 e. The highest BCUT2D eigenvalue weighted by Gasteiger charge is 2.16. The molecule has 0 aromatic carbocycles. The van der Waals surface area contributed by atoms with Crippen molar-refractivity contribution in [2.45, 2.75) is 45.6 Å². The zero-order valence-electron chi connectivity index (χ0n) is 12.4. The molecule has 1 aromatic heterocycles. The molecule has 1 N–H and O–H groups in total. The van der Waals surface area contributed by atoms with Crippen LogP contribution in [0, 0.1) is 5.92 Å². The summed E-state index contributed by atoms with van der Waals surface area (Å²) in [6, 6.07) is 2.13. The maximum absolute atomic E-state index is 4.30. The van der Waals surface area contributed by atoms with Crippen LogP contribution in [-0.4, -0.2) is 25.1 Å². The Morgan fingerprint density at radius 1 is 1.32 bits per heavy atom. The number of rotatable bonds is 6. The van der Waals surface area contributed by atoms with Crippen LogP contribution in [0.25, 0.3) is 0 Å². The second kappa shape index (κ2) is 7.49. The number of nitrogens with zero attached hydrogens (tertiary/aromatic N) is 2. The van der Waals surface area contributed by atoms with E-state index in [0.717, 1.165) is 19.0 Å². The molecule has 1 aliphatic carbocycles. The van der Waals surface area contributed by atoms with Gasteiger partial charge in [-0.15, -0.1) is 0 Å². The third kappa shape index (κ3) is 4.20. The van der Waals surface area contributed by atoms with Crippen molar-refractivity contribution in [1.82, 2.24) is 10.3 Å². The Balaban J connectivity index is 1.98. The lowest BCUT2D eigenvalue weighted by Crippen LogP contribution is -2.28. The summed E-state index contributed by atoms with van der Waals surface area (Å²) in [5, 5.41) is 3.41. The SMILES string of the molecule is CCNCc1ccncc1N(C)CC1CCCCC1. The lowest BCUT2D eigenvalue weighted by molar-refractivity contribution is 0.362. The summed E-state index contributed by atoms with van der Waals surface area (Å²) < 4.78 is 0. The maximum atomic E-state index is 4.30. The first kappa shape index (κ1) is 14.3. The second-order valence-corrected chi connectivity index (χ2v) is 5.67. The van der Waals surface area contributed by atoms with Gasteiger partial charge in [0.1, 0.15) is 0 Å². The first-order valence-corrected chi connectivity index (χ1v) is 7.66. The lowest BCUT2D eigenvalue weighted by Gasteiger charge is -2.29. The van der Waals surface area contributed by atoms with E-state index in [9.17, 15) is 0 Å². The summed E-state index contributed by atoms with van der Waals surface area (Å²) in [7, 11) is 2.21. The monoisotopic (exact) mass is 261 g/mol. The lowest BCUT2D eigenvalue weighted by atomic mass is 9.89. The fraction of sp³-hybridized carbons (Fsp3) is 0.688. The van der Waals surface area contributed by atoms with E-state index >= 15 is 0 Å². The molecular weight excluding hydrogens is 234 g/mol. The topological polar surface area (TPSA) is 28.2 Å². The Bertz CT molecular complexity index is 372. The molecule has 0 amide bonds. The highest BCUT2D eigenvalue weighted by atomic mass is 15.1. The molecule has 0 bridgehead atoms. The van der Waals surface area contributed by atoms with E-state index in [-0.39, 0.29) is 0 Å². The second-order valence-electron chi connectivity index (χ2n) is 5.67. The molecule has 1 saturated carbocycles. The average Bonchev–Trinajstić information content (AvgIpc) is 2.46. The Morgan fingerprint density at radius 3 is 2.84 bits per heavy atom. The molecule has 0 aliphatic heterocycles. The van der Waals surface area contributed by atoms with Gasteiger partial charge in [-0.2, -0.15) is 0 Å². The van der Waals surface area contributed by atoms with E-state index in [0.29, 0.717) is 0 Å². The van der Waals surface area contributed by atoms with Crippen molar-refractivity contribution in [3.63, 3.8) is 0 Å². The highest BCUT2D eigenvalue weighted by Crippen LogP contribution is 2.26. The predicted octanol–water partition coefficient (Wildman–Crippen LogP) is 3.21. The first-order valence-electron chi connectivity index (χ1n) is 7.66. The predicted molar refractivity (Wildman–Crippen MR) is 81.5 cm³/mol. The van der Waals surface area contributed by atoms with Crippen molar-refractivity contribution in [2.75, 3.05) is 25.0 Å². The minimum atomic E-state index is 0.867. The molecule has 0 radical (unpaired) electrons. The molecule has 1 aromatic rings. The van der Waals surface area contributed by atoms with Crippen LogP contribution in [0.15, 0.2) is 18.5 Å². The Labute approximate surface area is 117 Å². The van der Waals surface area contributed by atoms with Crippen LogP contribution >= 0.6 is 0 Å². The largest absolute Gasteiger partial charge is 0.373 e. The molecule has 106 valence electrons. The van der Waals surface area contributed by atoms with Gasteiger partial charge in [0.05, 0.1) is 11.9 Å². The molecule has 0 saturated heterocycles. The molecule has 3 heteroatoms. The summed E-state index contributed by atoms with van der Waals surface area (Å²) in [6.07, 6.45) is 10.9. The van der Waals surface area contributed by atoms with Gasteiger partial charge in [-0.25, -0.2) is 0 Å². The molecule has 1 aliphatic rings. The van der Waals surface area contributed by atoms with Crippen LogP contribution in [0.3, 0.4) is 0 Å². The van der Waals surface area contributed by atoms with Gasteiger partial charge in [0.15, 0.2) is 0 Å². The molecule has 2 rings (SSSR count). The van der Waals surface area contributed by atoms with Gasteiger partial charge in [0.25, 0.3) is 0 Å². The maximum Gasteiger partial charge on any atom is 0.0595 e. The minimum Gasteiger partial charge on any atom is -0.373 e. The van der Waals surface area contributed by atoms with Gasteiger partial charge in [0.2, 0.25) is 0 Å². The number of hydrogen-bond acceptors (Lipinski definition) is 3. The van der Waals surface area contributed by atoms with Crippen LogP contribution in [0.5, 0.6) is 0 Å². The van der Waals surface area contributed by atoms with Gasteiger partial charge >= 0.3 is 0 Å². The van der Waals surface area contributed by atoms with Crippen molar-refractivity contribution in [3.05, 3.63) is 24.0 Å². The van der Waals surface area contributed by atoms with Crippen LogP contribution < -0.4 is 10.2 Å². The summed E-state index contributed by atoms with van der Waals surface area (Å²) in [5.74, 6) is 0.867. The molecule has 0 atom stereocenters. The molecular formula is C16H27N3. The number of anilines is 1. The summed E-state index contributed by atoms with van der Waals surface area (Å²) >= 11 is 0. The summed E-state index contributed by atoms with van der Waals surface area (Å²) in [4.78, 5) is 6.70. The third-order valence-corrected chi connectivity index (χ3v) is 4.12. The Morgan fingerprint density at radius 2 is 2.11 bits per heavy atom. The van der Waals surface area contributed by atoms with E-state index in [1.807, 2.05) is 12.4 Å². The van der Waals surface area contributed by atoms with Crippen molar-refractivity contribution in [1.29, 1.82) is 0 Å². The van der Waals surface area contributed by atoms with Gasteiger partial charge in [-0.1, -0.05) is 26.2 Å². The minimum absolute atomic E-state index is 0.867. The summed E-state index contributed by atoms with van der Waals surface area (Å²) in [5.41, 5.74) is 2.64. The van der Waals surface area contributed by atoms with Crippen molar-refractivity contribution < 1.29 is 0 Å². The van der Waals surface area contributed by atoms with E-state index in [1.165, 1.54) is 49.9 Å². The van der Waals surface area contributed by atoms with E-state index < -0.39 is 0 Å². The molecule has 1 fully saturated rings. The van der Waals surface area contributed by atoms with Crippen LogP contribution in [-0.2, 0) is 6.54 Å². The molecule has 0 spiro atoms. The van der Waals surface area contributed by atoms with Crippen LogP contribution in [0.2, 0.25) is 0 Å². The number of nitrogens with one attached hydrogen (secondary N) is 1. The fourth-order valence-corrected chi connectivity index (χ4v) is 3.02. The Hall–Kier alpha value is -1.09. The first-order chi connectivity index (χ1) is 9.31. The molecule has 1 heterocycles. The van der Waals surface area contributed by atoms with Crippen molar-refractivity contribution in [3.8, 4) is 0 Å². The van der Waals surface area contributed by atoms with Gasteiger partial charge in [-0.3, -0.25) is 4.98 Å². The van der Waals surface area contributed by atoms with E-state index in [1.54, 1.807) is 0 Å². The van der Waals surface area contributed by atoms with Crippen LogP contribution in [0.4, 0.5) is 5.69 Å². The molecule has 0 unspecified atom stereocenters. The summed E-state index contributed by atoms with van der Waals surface area (Å²) in [6.45, 7) is 5.26. The standard InChI is InChI=1S/C16H27N3/c1-3-17-11-15-9-10-18-12-16(15)19(2)13-14-7-5-4-6-8-14/h9-10,12,14,17H,3-8,11,13H2,1-2H3.